The Morgan fingerprint density at radius 3 is 2.40 bits per heavy atom. The first-order valence-electron chi connectivity index (χ1n) is 6.57. The van der Waals surface area contributed by atoms with E-state index >= 15 is 0 Å². The van der Waals surface area contributed by atoms with Crippen LogP contribution in [0.4, 0.5) is 5.69 Å². The molecule has 1 heterocycles. The lowest BCUT2D eigenvalue weighted by molar-refractivity contribution is -0.122. The quantitative estimate of drug-likeness (QED) is 0.920. The van der Waals surface area contributed by atoms with Crippen molar-refractivity contribution in [2.24, 2.45) is 0 Å². The lowest BCUT2D eigenvalue weighted by atomic mass is 9.85. The average molecular weight is 296 g/mol. The molecule has 5 nitrogen and oxygen atoms in total. The molecule has 0 aliphatic carbocycles. The molecule has 1 aromatic carbocycles. The van der Waals surface area contributed by atoms with Gasteiger partial charge in [0.2, 0.25) is 15.9 Å². The highest BCUT2D eigenvalue weighted by Crippen LogP contribution is 2.44. The summed E-state index contributed by atoms with van der Waals surface area (Å²) < 4.78 is 26.3. The number of hydrogen-bond donors (Lipinski definition) is 1. The normalized spacial score (nSPS) is 17.4. The molecular formula is C14H20N2O3S. The molecule has 1 amide bonds. The minimum atomic E-state index is -3.51. The third-order valence-corrected chi connectivity index (χ3v) is 5.29. The number of carbonyl (C=O) groups is 1. The lowest BCUT2D eigenvalue weighted by Crippen LogP contribution is -2.36. The first-order chi connectivity index (χ1) is 9.16. The molecule has 0 saturated carbocycles. The standard InChI is InChI=1S/C14H20N2O3S/c1-6-16-12-9(2)7-10(20(18,19)15-5)8-11(12)14(3,4)13(16)17/h7-8,15H,6H2,1-5H3. The topological polar surface area (TPSA) is 66.5 Å². The number of nitrogens with one attached hydrogen (secondary N) is 1. The summed E-state index contributed by atoms with van der Waals surface area (Å²) >= 11 is 0. The summed E-state index contributed by atoms with van der Waals surface area (Å²) in [7, 11) is -2.13. The SMILES string of the molecule is CCN1C(=O)C(C)(C)c2cc(S(=O)(=O)NC)cc(C)c21. The van der Waals surface area contributed by atoms with Crippen molar-refractivity contribution < 1.29 is 13.2 Å². The Morgan fingerprint density at radius 2 is 1.90 bits per heavy atom. The van der Waals surface area contributed by atoms with Gasteiger partial charge in [0.25, 0.3) is 0 Å². The summed E-state index contributed by atoms with van der Waals surface area (Å²) in [4.78, 5) is 14.4. The van der Waals surface area contributed by atoms with Crippen LogP contribution in [0.25, 0.3) is 0 Å². The molecule has 0 unspecified atom stereocenters. The van der Waals surface area contributed by atoms with E-state index in [0.717, 1.165) is 16.8 Å². The van der Waals surface area contributed by atoms with Gasteiger partial charge in [-0.05, 0) is 58.0 Å². The summed E-state index contributed by atoms with van der Waals surface area (Å²) in [5, 5.41) is 0. The van der Waals surface area contributed by atoms with Crippen molar-refractivity contribution in [3.8, 4) is 0 Å². The molecule has 20 heavy (non-hydrogen) atoms. The van der Waals surface area contributed by atoms with E-state index < -0.39 is 15.4 Å². The summed E-state index contributed by atoms with van der Waals surface area (Å²) in [6, 6.07) is 3.23. The highest BCUT2D eigenvalue weighted by atomic mass is 32.2. The number of fused-ring (bicyclic) bond motifs is 1. The lowest BCUT2D eigenvalue weighted by Gasteiger charge is -2.18. The molecule has 1 N–H and O–H groups in total. The third kappa shape index (κ3) is 1.94. The Kier molecular flexibility index (Phi) is 3.42. The second-order valence-electron chi connectivity index (χ2n) is 5.52. The molecule has 0 bridgehead atoms. The highest BCUT2D eigenvalue weighted by molar-refractivity contribution is 7.89. The first-order valence-corrected chi connectivity index (χ1v) is 8.05. The molecule has 1 aromatic rings. The maximum absolute atomic E-state index is 12.5. The molecule has 0 radical (unpaired) electrons. The van der Waals surface area contributed by atoms with Gasteiger partial charge in [0, 0.05) is 6.54 Å². The predicted octanol–water partition coefficient (Wildman–Crippen LogP) is 1.55. The van der Waals surface area contributed by atoms with Crippen molar-refractivity contribution in [3.05, 3.63) is 23.3 Å². The average Bonchev–Trinajstić information content (AvgIpc) is 2.58. The molecule has 6 heteroatoms. The van der Waals surface area contributed by atoms with Crippen LogP contribution in [-0.2, 0) is 20.2 Å². The number of carbonyl (C=O) groups excluding carboxylic acids is 1. The first kappa shape index (κ1) is 15.0. The molecule has 0 saturated heterocycles. The molecule has 1 aliphatic rings. The van der Waals surface area contributed by atoms with Gasteiger partial charge in [0.1, 0.15) is 0 Å². The van der Waals surface area contributed by atoms with Crippen molar-refractivity contribution in [1.29, 1.82) is 0 Å². The van der Waals surface area contributed by atoms with Gasteiger partial charge in [0.05, 0.1) is 16.0 Å². The molecule has 0 atom stereocenters. The second kappa shape index (κ2) is 4.56. The summed E-state index contributed by atoms with van der Waals surface area (Å²) in [6.45, 7) is 8.00. The van der Waals surface area contributed by atoms with Gasteiger partial charge in [-0.1, -0.05) is 0 Å². The zero-order valence-corrected chi connectivity index (χ0v) is 13.3. The fourth-order valence-electron chi connectivity index (χ4n) is 2.71. The zero-order chi connectivity index (χ0) is 15.3. The number of amides is 1. The van der Waals surface area contributed by atoms with Gasteiger partial charge >= 0.3 is 0 Å². The maximum atomic E-state index is 12.5. The van der Waals surface area contributed by atoms with Crippen LogP contribution in [0.5, 0.6) is 0 Å². The van der Waals surface area contributed by atoms with Gasteiger partial charge in [-0.25, -0.2) is 13.1 Å². The fourth-order valence-corrected chi connectivity index (χ4v) is 3.55. The number of hydrogen-bond acceptors (Lipinski definition) is 3. The Balaban J connectivity index is 2.77. The van der Waals surface area contributed by atoms with Gasteiger partial charge in [-0.15, -0.1) is 0 Å². The number of likely N-dealkylation sites (N-methyl/N-ethyl adjacent to an activating group) is 1. The predicted molar refractivity (Wildman–Crippen MR) is 78.5 cm³/mol. The minimum Gasteiger partial charge on any atom is -0.311 e. The van der Waals surface area contributed by atoms with Crippen molar-refractivity contribution in [2.45, 2.75) is 38.0 Å². The largest absolute Gasteiger partial charge is 0.311 e. The fraction of sp³-hybridized carbons (Fsp3) is 0.500. The summed E-state index contributed by atoms with van der Waals surface area (Å²) in [5.74, 6) is 0.0112. The van der Waals surface area contributed by atoms with Gasteiger partial charge in [-0.3, -0.25) is 4.79 Å². The van der Waals surface area contributed by atoms with Crippen LogP contribution in [0.1, 0.15) is 31.9 Å². The smallest absolute Gasteiger partial charge is 0.240 e. The van der Waals surface area contributed by atoms with Crippen molar-refractivity contribution >= 4 is 21.6 Å². The van der Waals surface area contributed by atoms with E-state index in [-0.39, 0.29) is 10.8 Å². The molecule has 1 aliphatic heterocycles. The molecule has 0 fully saturated rings. The van der Waals surface area contributed by atoms with E-state index in [9.17, 15) is 13.2 Å². The molecular weight excluding hydrogens is 276 g/mol. The van der Waals surface area contributed by atoms with Crippen molar-refractivity contribution in [1.82, 2.24) is 4.72 Å². The number of rotatable bonds is 3. The highest BCUT2D eigenvalue weighted by Gasteiger charge is 2.44. The summed E-state index contributed by atoms with van der Waals surface area (Å²) in [5.41, 5.74) is 1.72. The molecule has 2 rings (SSSR count). The van der Waals surface area contributed by atoms with Crippen molar-refractivity contribution in [2.75, 3.05) is 18.5 Å². The van der Waals surface area contributed by atoms with Crippen LogP contribution in [0, 0.1) is 6.92 Å². The zero-order valence-electron chi connectivity index (χ0n) is 12.4. The van der Waals surface area contributed by atoms with E-state index in [2.05, 4.69) is 4.72 Å². The number of nitrogens with zero attached hydrogens (tertiary/aromatic N) is 1. The monoisotopic (exact) mass is 296 g/mol. The van der Waals surface area contributed by atoms with Gasteiger partial charge in [0.15, 0.2) is 0 Å². The number of benzene rings is 1. The Hall–Kier alpha value is -1.40. The summed E-state index contributed by atoms with van der Waals surface area (Å²) in [6.07, 6.45) is 0. The van der Waals surface area contributed by atoms with Gasteiger partial charge < -0.3 is 4.90 Å². The molecule has 0 spiro atoms. The number of aryl methyl sites for hydroxylation is 1. The number of anilines is 1. The number of sulfonamides is 1. The van der Waals surface area contributed by atoms with Crippen LogP contribution in [0.2, 0.25) is 0 Å². The molecule has 110 valence electrons. The van der Waals surface area contributed by atoms with Crippen LogP contribution in [-0.4, -0.2) is 27.9 Å². The van der Waals surface area contributed by atoms with E-state index in [1.54, 1.807) is 17.0 Å². The van der Waals surface area contributed by atoms with E-state index in [4.69, 9.17) is 0 Å². The van der Waals surface area contributed by atoms with Gasteiger partial charge in [-0.2, -0.15) is 0 Å². The minimum absolute atomic E-state index is 0.0112. The van der Waals surface area contributed by atoms with Crippen molar-refractivity contribution in [3.63, 3.8) is 0 Å². The maximum Gasteiger partial charge on any atom is 0.240 e. The van der Waals surface area contributed by atoms with E-state index in [1.165, 1.54) is 7.05 Å². The van der Waals surface area contributed by atoms with E-state index in [0.29, 0.717) is 6.54 Å². The Morgan fingerprint density at radius 1 is 1.30 bits per heavy atom. The Bertz CT molecular complexity index is 678. The second-order valence-corrected chi connectivity index (χ2v) is 7.40. The Labute approximate surface area is 120 Å². The van der Waals surface area contributed by atoms with Crippen LogP contribution < -0.4 is 9.62 Å². The van der Waals surface area contributed by atoms with E-state index in [1.807, 2.05) is 27.7 Å². The van der Waals surface area contributed by atoms with Crippen LogP contribution in [0.3, 0.4) is 0 Å². The van der Waals surface area contributed by atoms with Crippen LogP contribution >= 0.6 is 0 Å². The van der Waals surface area contributed by atoms with Crippen LogP contribution in [0.15, 0.2) is 17.0 Å². The molecule has 0 aromatic heterocycles. The third-order valence-electron chi connectivity index (χ3n) is 3.89.